The number of fused-ring (bicyclic) bond motifs is 1. The van der Waals surface area contributed by atoms with Crippen LogP contribution in [0.2, 0.25) is 0 Å². The predicted molar refractivity (Wildman–Crippen MR) is 144 cm³/mol. The number of para-hydroxylation sites is 1. The Hall–Kier alpha value is -4.02. The molecule has 0 unspecified atom stereocenters. The van der Waals surface area contributed by atoms with Crippen molar-refractivity contribution in [2.45, 2.75) is 0 Å². The second kappa shape index (κ2) is 10.5. The van der Waals surface area contributed by atoms with E-state index in [2.05, 4.69) is 47.4 Å². The minimum absolute atomic E-state index is 0.0329. The van der Waals surface area contributed by atoms with Crippen LogP contribution in [0.15, 0.2) is 97.5 Å². The van der Waals surface area contributed by atoms with Gasteiger partial charge in [0.2, 0.25) is 5.76 Å². The zero-order valence-electron chi connectivity index (χ0n) is 18.8. The van der Waals surface area contributed by atoms with Crippen molar-refractivity contribution in [1.82, 2.24) is 10.4 Å². The Balaban J connectivity index is 1.45. The topological polar surface area (TPSA) is 96.7 Å². The van der Waals surface area contributed by atoms with Crippen LogP contribution in [-0.2, 0) is 0 Å². The summed E-state index contributed by atoms with van der Waals surface area (Å²) in [6.07, 6.45) is 2.70. The van der Waals surface area contributed by atoms with E-state index in [1.165, 1.54) is 24.6 Å². The lowest BCUT2D eigenvalue weighted by Gasteiger charge is -2.09. The Morgan fingerprint density at radius 2 is 1.84 bits per heavy atom. The molecule has 184 valence electrons. The van der Waals surface area contributed by atoms with Gasteiger partial charge in [0.05, 0.1) is 22.5 Å². The number of carbonyl (C=O) groups is 2. The maximum absolute atomic E-state index is 14.5. The van der Waals surface area contributed by atoms with Gasteiger partial charge in [-0.3, -0.25) is 4.79 Å². The van der Waals surface area contributed by atoms with Crippen LogP contribution in [0.4, 0.5) is 4.39 Å². The molecule has 0 aliphatic heterocycles. The first-order valence-electron chi connectivity index (χ1n) is 10.9. The van der Waals surface area contributed by atoms with E-state index in [1.807, 2.05) is 30.3 Å². The minimum atomic E-state index is -0.695. The second-order valence-electron chi connectivity index (χ2n) is 7.78. The number of ether oxygens (including phenoxy) is 1. The third-order valence-electron chi connectivity index (χ3n) is 5.40. The lowest BCUT2D eigenvalue weighted by atomic mass is 10.0. The number of furan rings is 1. The molecule has 0 aliphatic rings. The van der Waals surface area contributed by atoms with E-state index in [-0.39, 0.29) is 22.7 Å². The predicted octanol–water partition coefficient (Wildman–Crippen LogP) is 7.08. The van der Waals surface area contributed by atoms with E-state index in [9.17, 15) is 14.0 Å². The number of hydrazone groups is 1. The van der Waals surface area contributed by atoms with Gasteiger partial charge < -0.3 is 14.1 Å². The molecule has 1 amide bonds. The number of carbonyl (C=O) groups excluding carboxylic acids is 2. The normalized spacial score (nSPS) is 11.2. The smallest absolute Gasteiger partial charge is 0.379 e. The lowest BCUT2D eigenvalue weighted by molar-refractivity contribution is 0.0699. The maximum Gasteiger partial charge on any atom is 0.379 e. The van der Waals surface area contributed by atoms with Crippen molar-refractivity contribution < 1.29 is 23.1 Å². The molecule has 0 saturated heterocycles. The first kappa shape index (κ1) is 24.7. The number of hydrogen-bond donors (Lipinski definition) is 2. The first-order chi connectivity index (χ1) is 17.9. The maximum atomic E-state index is 14.5. The van der Waals surface area contributed by atoms with Crippen molar-refractivity contribution in [3.8, 4) is 16.9 Å². The van der Waals surface area contributed by atoms with Crippen LogP contribution < -0.4 is 10.2 Å². The van der Waals surface area contributed by atoms with Gasteiger partial charge in [0, 0.05) is 21.0 Å². The SMILES string of the molecule is O=C(Oc1c(Br)cc(Br)cc1C=NNC(=O)c1[nH]c2c(F)cccc2c1-c1ccccc1)c1ccco1. The monoisotopic (exact) mass is 623 g/mol. The Kier molecular flexibility index (Phi) is 7.02. The number of rotatable bonds is 6. The molecule has 0 aliphatic carbocycles. The molecule has 7 nitrogen and oxygen atoms in total. The molecule has 0 spiro atoms. The molecule has 3 aromatic carbocycles. The number of benzene rings is 3. The molecule has 10 heteroatoms. The van der Waals surface area contributed by atoms with Crippen LogP contribution in [0, 0.1) is 5.82 Å². The lowest BCUT2D eigenvalue weighted by Crippen LogP contribution is -2.19. The van der Waals surface area contributed by atoms with E-state index in [0.29, 0.717) is 25.5 Å². The Morgan fingerprint density at radius 3 is 2.59 bits per heavy atom. The fraction of sp³-hybridized carbons (Fsp3) is 0. The van der Waals surface area contributed by atoms with Crippen LogP contribution in [0.25, 0.3) is 22.0 Å². The molecule has 0 fully saturated rings. The molecule has 2 aromatic heterocycles. The highest BCUT2D eigenvalue weighted by Gasteiger charge is 2.21. The van der Waals surface area contributed by atoms with Crippen LogP contribution in [-0.4, -0.2) is 23.1 Å². The number of aromatic nitrogens is 1. The number of H-pyrrole nitrogens is 1. The second-order valence-corrected chi connectivity index (χ2v) is 9.55. The molecule has 2 heterocycles. The fourth-order valence-corrected chi connectivity index (χ4v) is 5.13. The number of halogens is 3. The van der Waals surface area contributed by atoms with Gasteiger partial charge >= 0.3 is 5.97 Å². The van der Waals surface area contributed by atoms with Crippen molar-refractivity contribution >= 4 is 60.9 Å². The molecule has 5 rings (SSSR count). The zero-order valence-corrected chi connectivity index (χ0v) is 22.0. The van der Waals surface area contributed by atoms with Crippen LogP contribution in [0.5, 0.6) is 5.75 Å². The summed E-state index contributed by atoms with van der Waals surface area (Å²) in [4.78, 5) is 28.5. The summed E-state index contributed by atoms with van der Waals surface area (Å²) in [5.41, 5.74) is 4.55. The number of hydrogen-bond acceptors (Lipinski definition) is 5. The molecular formula is C27H16Br2FN3O4. The van der Waals surface area contributed by atoms with E-state index in [4.69, 9.17) is 9.15 Å². The van der Waals surface area contributed by atoms with Gasteiger partial charge in [-0.05, 0) is 51.8 Å². The van der Waals surface area contributed by atoms with Gasteiger partial charge in [-0.15, -0.1) is 0 Å². The summed E-state index contributed by atoms with van der Waals surface area (Å²) in [5, 5.41) is 4.64. The van der Waals surface area contributed by atoms with Crippen molar-refractivity contribution in [1.29, 1.82) is 0 Å². The first-order valence-corrected chi connectivity index (χ1v) is 12.4. The average molecular weight is 625 g/mol. The van der Waals surface area contributed by atoms with Crippen molar-refractivity contribution in [3.63, 3.8) is 0 Å². The third-order valence-corrected chi connectivity index (χ3v) is 6.44. The Morgan fingerprint density at radius 1 is 1.03 bits per heavy atom. The number of nitrogens with zero attached hydrogens (tertiary/aromatic N) is 1. The molecule has 0 saturated carbocycles. The molecule has 5 aromatic rings. The molecule has 2 N–H and O–H groups in total. The van der Waals surface area contributed by atoms with E-state index < -0.39 is 17.7 Å². The summed E-state index contributed by atoms with van der Waals surface area (Å²) in [7, 11) is 0. The summed E-state index contributed by atoms with van der Waals surface area (Å²) in [6.45, 7) is 0. The highest BCUT2D eigenvalue weighted by molar-refractivity contribution is 9.11. The van der Waals surface area contributed by atoms with Gasteiger partial charge in [-0.2, -0.15) is 5.10 Å². The minimum Gasteiger partial charge on any atom is -0.457 e. The van der Waals surface area contributed by atoms with Crippen LogP contribution in [0.3, 0.4) is 0 Å². The number of amides is 1. The fourth-order valence-electron chi connectivity index (χ4n) is 3.79. The van der Waals surface area contributed by atoms with E-state index in [0.717, 1.165) is 5.56 Å². The summed E-state index contributed by atoms with van der Waals surface area (Å²) >= 11 is 6.77. The van der Waals surface area contributed by atoms with E-state index >= 15 is 0 Å². The molecule has 0 radical (unpaired) electrons. The van der Waals surface area contributed by atoms with Gasteiger partial charge in [0.15, 0.2) is 5.75 Å². The number of esters is 1. The van der Waals surface area contributed by atoms with Crippen LogP contribution >= 0.6 is 31.9 Å². The number of nitrogens with one attached hydrogen (secondary N) is 2. The van der Waals surface area contributed by atoms with Gasteiger partial charge in [-0.25, -0.2) is 14.6 Å². The molecule has 0 atom stereocenters. The highest BCUT2D eigenvalue weighted by Crippen LogP contribution is 2.34. The van der Waals surface area contributed by atoms with Gasteiger partial charge in [-0.1, -0.05) is 58.4 Å². The van der Waals surface area contributed by atoms with Crippen molar-refractivity contribution in [3.05, 3.63) is 111 Å². The molecule has 37 heavy (non-hydrogen) atoms. The summed E-state index contributed by atoms with van der Waals surface area (Å²) < 4.78 is 26.3. The highest BCUT2D eigenvalue weighted by atomic mass is 79.9. The largest absolute Gasteiger partial charge is 0.457 e. The van der Waals surface area contributed by atoms with Crippen molar-refractivity contribution in [2.75, 3.05) is 0 Å². The Labute approximate surface area is 226 Å². The van der Waals surface area contributed by atoms with Gasteiger partial charge in [0.1, 0.15) is 11.5 Å². The summed E-state index contributed by atoms with van der Waals surface area (Å²) in [5.74, 6) is -1.53. The number of aromatic amines is 1. The third kappa shape index (κ3) is 5.11. The van der Waals surface area contributed by atoms with Crippen LogP contribution in [0.1, 0.15) is 26.6 Å². The summed E-state index contributed by atoms with van der Waals surface area (Å²) in [6, 6.07) is 20.3. The zero-order chi connectivity index (χ0) is 25.9. The molecular weight excluding hydrogens is 609 g/mol. The van der Waals surface area contributed by atoms with Gasteiger partial charge in [0.25, 0.3) is 5.91 Å². The van der Waals surface area contributed by atoms with Crippen molar-refractivity contribution in [2.24, 2.45) is 5.10 Å². The average Bonchev–Trinajstić information content (AvgIpc) is 3.56. The quantitative estimate of drug-likeness (QED) is 0.0913. The van der Waals surface area contributed by atoms with E-state index in [1.54, 1.807) is 30.3 Å². The molecule has 0 bridgehead atoms. The Bertz CT molecular complexity index is 1650. The standard InChI is InChI=1S/C27H16Br2FN3O4/c28-17-12-16(25(19(29)13-17)37-27(35)21-10-5-11-36-21)14-31-33-26(34)24-22(15-6-2-1-3-7-15)18-8-4-9-20(30)23(18)32-24/h1-14,32H,(H,33,34).